The molecule has 0 bridgehead atoms. The van der Waals surface area contributed by atoms with E-state index in [4.69, 9.17) is 4.74 Å². The Morgan fingerprint density at radius 1 is 0.795 bits per heavy atom. The van der Waals surface area contributed by atoms with Crippen molar-refractivity contribution >= 4 is 35.4 Å². The molecule has 0 saturated heterocycles. The third-order valence-corrected chi connectivity index (χ3v) is 5.52. The molecular weight excluding hydrogens is 500 g/mol. The number of carbonyl (C=O) groups excluding carboxylic acids is 3. The number of ether oxygens (including phenoxy) is 1. The number of hydrogen-bond donors (Lipinski definition) is 2. The van der Waals surface area contributed by atoms with E-state index < -0.39 is 22.7 Å². The highest BCUT2D eigenvalue weighted by Crippen LogP contribution is 2.18. The summed E-state index contributed by atoms with van der Waals surface area (Å²) in [6, 6.07) is 25.1. The highest BCUT2D eigenvalue weighted by molar-refractivity contribution is 6.04. The number of amides is 2. The summed E-state index contributed by atoms with van der Waals surface area (Å²) < 4.78 is 5.50. The Labute approximate surface area is 223 Å². The lowest BCUT2D eigenvalue weighted by atomic mass is 10.1. The van der Waals surface area contributed by atoms with E-state index >= 15 is 0 Å². The van der Waals surface area contributed by atoms with Gasteiger partial charge in [0, 0.05) is 34.5 Å². The second-order valence-electron chi connectivity index (χ2n) is 8.33. The monoisotopic (exact) mass is 522 g/mol. The minimum Gasteiger partial charge on any atom is -0.422 e. The van der Waals surface area contributed by atoms with Crippen LogP contribution in [-0.4, -0.2) is 28.9 Å². The molecule has 4 aromatic rings. The molecule has 39 heavy (non-hydrogen) atoms. The number of para-hydroxylation sites is 1. The lowest BCUT2D eigenvalue weighted by Gasteiger charge is -2.08. The third-order valence-electron chi connectivity index (χ3n) is 5.52. The van der Waals surface area contributed by atoms with Crippen molar-refractivity contribution < 1.29 is 24.0 Å². The molecular formula is C29H22N4O6. The largest absolute Gasteiger partial charge is 0.422 e. The Morgan fingerprint density at radius 2 is 1.38 bits per heavy atom. The van der Waals surface area contributed by atoms with Gasteiger partial charge in [-0.15, -0.1) is 0 Å². The van der Waals surface area contributed by atoms with Gasteiger partial charge in [-0.2, -0.15) is 5.10 Å². The Kier molecular flexibility index (Phi) is 8.17. The maximum atomic E-state index is 12.5. The van der Waals surface area contributed by atoms with Crippen LogP contribution in [0.1, 0.15) is 42.2 Å². The summed E-state index contributed by atoms with van der Waals surface area (Å²) in [6.45, 7) is 1.92. The molecule has 2 N–H and O–H groups in total. The number of nitro benzene ring substituents is 1. The predicted octanol–water partition coefficient (Wildman–Crippen LogP) is 5.14. The number of rotatable bonds is 8. The zero-order chi connectivity index (χ0) is 27.8. The number of aryl methyl sites for hydroxylation is 1. The number of hydrazone groups is 1. The van der Waals surface area contributed by atoms with Crippen LogP contribution in [0.2, 0.25) is 0 Å². The van der Waals surface area contributed by atoms with Crippen LogP contribution in [0.5, 0.6) is 5.75 Å². The van der Waals surface area contributed by atoms with Gasteiger partial charge in [0.25, 0.3) is 17.5 Å². The van der Waals surface area contributed by atoms with Crippen LogP contribution >= 0.6 is 0 Å². The first-order chi connectivity index (χ1) is 18.8. The van der Waals surface area contributed by atoms with Gasteiger partial charge in [-0.25, -0.2) is 10.2 Å². The van der Waals surface area contributed by atoms with Gasteiger partial charge in [-0.1, -0.05) is 29.8 Å². The molecule has 0 fully saturated rings. The first-order valence-electron chi connectivity index (χ1n) is 11.7. The van der Waals surface area contributed by atoms with Crippen molar-refractivity contribution in [3.63, 3.8) is 0 Å². The highest BCUT2D eigenvalue weighted by atomic mass is 16.6. The fraction of sp³-hybridized carbons (Fsp3) is 0.0345. The average Bonchev–Trinajstić information content (AvgIpc) is 2.94. The molecule has 4 aromatic carbocycles. The zero-order valence-electron chi connectivity index (χ0n) is 20.7. The van der Waals surface area contributed by atoms with Crippen molar-refractivity contribution in [1.82, 2.24) is 5.43 Å². The SMILES string of the molecule is Cc1ccc(C(=O)Oc2ccccc2/C=N\NC(=O)c2ccc(NC(=O)c3ccc([N+](=O)[O-])cc3)cc2)cc1. The molecule has 0 heterocycles. The Morgan fingerprint density at radius 3 is 2.05 bits per heavy atom. The zero-order valence-corrected chi connectivity index (χ0v) is 20.7. The van der Waals surface area contributed by atoms with Gasteiger partial charge in [0.15, 0.2) is 0 Å². The van der Waals surface area contributed by atoms with Gasteiger partial charge in [-0.3, -0.25) is 19.7 Å². The summed E-state index contributed by atoms with van der Waals surface area (Å²) in [5, 5.41) is 17.4. The number of nitro groups is 1. The highest BCUT2D eigenvalue weighted by Gasteiger charge is 2.12. The third kappa shape index (κ3) is 6.98. The van der Waals surface area contributed by atoms with Crippen LogP contribution in [-0.2, 0) is 0 Å². The smallest absolute Gasteiger partial charge is 0.343 e. The van der Waals surface area contributed by atoms with Crippen molar-refractivity contribution in [2.45, 2.75) is 6.92 Å². The van der Waals surface area contributed by atoms with Crippen LogP contribution in [0.25, 0.3) is 0 Å². The Balaban J connectivity index is 1.34. The molecule has 0 unspecified atom stereocenters. The Bertz CT molecular complexity index is 1550. The van der Waals surface area contributed by atoms with Crippen LogP contribution < -0.4 is 15.5 Å². The Hall–Kier alpha value is -5.64. The molecule has 2 amide bonds. The van der Waals surface area contributed by atoms with E-state index in [9.17, 15) is 24.5 Å². The van der Waals surface area contributed by atoms with E-state index in [2.05, 4.69) is 15.8 Å². The molecule has 10 nitrogen and oxygen atoms in total. The lowest BCUT2D eigenvalue weighted by molar-refractivity contribution is -0.384. The minimum atomic E-state index is -0.546. The van der Waals surface area contributed by atoms with Crippen molar-refractivity contribution in [2.75, 3.05) is 5.32 Å². The number of benzene rings is 4. The van der Waals surface area contributed by atoms with Crippen molar-refractivity contribution in [3.8, 4) is 5.75 Å². The molecule has 194 valence electrons. The van der Waals surface area contributed by atoms with E-state index in [0.29, 0.717) is 22.4 Å². The normalized spacial score (nSPS) is 10.6. The molecule has 0 radical (unpaired) electrons. The standard InChI is InChI=1S/C29H22N4O6/c1-19-6-8-22(9-7-19)29(36)39-26-5-3-2-4-23(26)18-30-32-28(35)21-10-14-24(15-11-21)31-27(34)20-12-16-25(17-13-20)33(37)38/h2-18H,1H3,(H,31,34)(H,32,35)/b30-18-. The molecule has 0 aromatic heterocycles. The number of non-ortho nitro benzene ring substituents is 1. The molecule has 0 aliphatic carbocycles. The topological polar surface area (TPSA) is 140 Å². The molecule has 0 saturated carbocycles. The van der Waals surface area contributed by atoms with Crippen molar-refractivity contribution in [2.24, 2.45) is 5.10 Å². The number of nitrogens with zero attached hydrogens (tertiary/aromatic N) is 2. The number of hydrogen-bond acceptors (Lipinski definition) is 7. The van der Waals surface area contributed by atoms with E-state index in [1.165, 1.54) is 42.6 Å². The van der Waals surface area contributed by atoms with Crippen LogP contribution in [0.4, 0.5) is 11.4 Å². The van der Waals surface area contributed by atoms with E-state index in [1.54, 1.807) is 48.5 Å². The van der Waals surface area contributed by atoms with Gasteiger partial charge >= 0.3 is 5.97 Å². The quantitative estimate of drug-likeness (QED) is 0.108. The van der Waals surface area contributed by atoms with Crippen molar-refractivity contribution in [1.29, 1.82) is 0 Å². The molecule has 0 spiro atoms. The van der Waals surface area contributed by atoms with Gasteiger partial charge < -0.3 is 10.1 Å². The van der Waals surface area contributed by atoms with Crippen LogP contribution in [0, 0.1) is 17.0 Å². The molecule has 10 heteroatoms. The fourth-order valence-corrected chi connectivity index (χ4v) is 3.40. The van der Waals surface area contributed by atoms with Crippen LogP contribution in [0.3, 0.4) is 0 Å². The molecule has 0 aliphatic heterocycles. The summed E-state index contributed by atoms with van der Waals surface area (Å²) >= 11 is 0. The van der Waals surface area contributed by atoms with Gasteiger partial charge in [0.2, 0.25) is 0 Å². The number of nitrogens with one attached hydrogen (secondary N) is 2. The molecule has 0 aliphatic rings. The van der Waals surface area contributed by atoms with E-state index in [-0.39, 0.29) is 17.0 Å². The first-order valence-corrected chi connectivity index (χ1v) is 11.7. The minimum absolute atomic E-state index is 0.115. The van der Waals surface area contributed by atoms with Crippen LogP contribution in [0.15, 0.2) is 102 Å². The second kappa shape index (κ2) is 12.1. The lowest BCUT2D eigenvalue weighted by Crippen LogP contribution is -2.18. The maximum Gasteiger partial charge on any atom is 0.343 e. The number of carbonyl (C=O) groups is 3. The number of esters is 1. The van der Waals surface area contributed by atoms with Gasteiger partial charge in [0.1, 0.15) is 5.75 Å². The van der Waals surface area contributed by atoms with E-state index in [1.807, 2.05) is 19.1 Å². The maximum absolute atomic E-state index is 12.5. The summed E-state index contributed by atoms with van der Waals surface area (Å²) in [4.78, 5) is 47.5. The fourth-order valence-electron chi connectivity index (χ4n) is 3.40. The average molecular weight is 523 g/mol. The summed E-state index contributed by atoms with van der Waals surface area (Å²) in [5.74, 6) is -1.17. The first kappa shape index (κ1) is 26.4. The second-order valence-corrected chi connectivity index (χ2v) is 8.33. The van der Waals surface area contributed by atoms with Gasteiger partial charge in [-0.05, 0) is 67.6 Å². The predicted molar refractivity (Wildman–Crippen MR) is 145 cm³/mol. The molecule has 4 rings (SSSR count). The molecule has 0 atom stereocenters. The van der Waals surface area contributed by atoms with Crippen molar-refractivity contribution in [3.05, 3.63) is 135 Å². The van der Waals surface area contributed by atoms with Gasteiger partial charge in [0.05, 0.1) is 16.7 Å². The van der Waals surface area contributed by atoms with E-state index in [0.717, 1.165) is 5.56 Å². The summed E-state index contributed by atoms with van der Waals surface area (Å²) in [6.07, 6.45) is 1.37. The summed E-state index contributed by atoms with van der Waals surface area (Å²) in [5.41, 5.74) is 5.20. The summed E-state index contributed by atoms with van der Waals surface area (Å²) in [7, 11) is 0. The number of anilines is 1.